The first kappa shape index (κ1) is 21.1. The van der Waals surface area contributed by atoms with Gasteiger partial charge in [-0.05, 0) is 37.6 Å². The molecule has 1 amide bonds. The summed E-state index contributed by atoms with van der Waals surface area (Å²) in [5, 5.41) is 0.620. The van der Waals surface area contributed by atoms with Crippen LogP contribution >= 0.6 is 23.4 Å². The molecular weight excluding hydrogens is 388 g/mol. The molecule has 0 unspecified atom stereocenters. The molecular formula is C18H23ClN4O3S. The number of aromatic nitrogens is 2. The molecule has 1 heterocycles. The molecule has 0 aliphatic carbocycles. The average Bonchev–Trinajstić information content (AvgIpc) is 2.64. The zero-order valence-corrected chi connectivity index (χ0v) is 16.9. The van der Waals surface area contributed by atoms with Crippen molar-refractivity contribution in [3.63, 3.8) is 0 Å². The van der Waals surface area contributed by atoms with Crippen LogP contribution in [0.3, 0.4) is 0 Å². The normalized spacial score (nSPS) is 10.8. The Bertz CT molecular complexity index is 908. The first-order valence-corrected chi connectivity index (χ1v) is 10.1. The minimum Gasteiger partial charge on any atom is -0.383 e. The van der Waals surface area contributed by atoms with E-state index >= 15 is 0 Å². The Morgan fingerprint density at radius 1 is 1.26 bits per heavy atom. The maximum Gasteiger partial charge on any atom is 0.330 e. The van der Waals surface area contributed by atoms with Crippen LogP contribution in [0, 0.1) is 0 Å². The van der Waals surface area contributed by atoms with E-state index in [1.54, 1.807) is 19.1 Å². The van der Waals surface area contributed by atoms with E-state index in [4.69, 9.17) is 17.3 Å². The molecule has 0 spiro atoms. The van der Waals surface area contributed by atoms with Gasteiger partial charge in [0.25, 0.3) is 5.56 Å². The standard InChI is InChI=1S/C18H23ClN4O3S/c1-3-5-10-23-16(20)15(17(25)21-18(23)26)22(4-2)14(24)11-27-13-8-6-12(19)7-9-13/h6-9H,3-5,10-11,20H2,1-2H3,(H,21,25,26). The van der Waals surface area contributed by atoms with E-state index in [9.17, 15) is 14.4 Å². The molecule has 0 aliphatic rings. The molecule has 7 nitrogen and oxygen atoms in total. The number of nitrogens with two attached hydrogens (primary N) is 1. The van der Waals surface area contributed by atoms with Crippen LogP contribution in [0.4, 0.5) is 11.5 Å². The van der Waals surface area contributed by atoms with Crippen LogP contribution in [-0.2, 0) is 11.3 Å². The van der Waals surface area contributed by atoms with Crippen molar-refractivity contribution in [2.45, 2.75) is 38.1 Å². The summed E-state index contributed by atoms with van der Waals surface area (Å²) in [5.41, 5.74) is 4.90. The van der Waals surface area contributed by atoms with Crippen molar-refractivity contribution in [3.8, 4) is 0 Å². The minimum atomic E-state index is -0.656. The topological polar surface area (TPSA) is 101 Å². The first-order chi connectivity index (χ1) is 12.9. The fourth-order valence-electron chi connectivity index (χ4n) is 2.59. The number of nitrogen functional groups attached to an aromatic ring is 1. The summed E-state index contributed by atoms with van der Waals surface area (Å²) < 4.78 is 1.31. The number of hydrogen-bond acceptors (Lipinski definition) is 5. The number of unbranched alkanes of at least 4 members (excludes halogenated alkanes) is 1. The zero-order valence-electron chi connectivity index (χ0n) is 15.3. The van der Waals surface area contributed by atoms with E-state index in [1.165, 1.54) is 21.2 Å². The van der Waals surface area contributed by atoms with E-state index in [-0.39, 0.29) is 29.7 Å². The molecule has 1 aromatic heterocycles. The number of rotatable bonds is 8. The zero-order chi connectivity index (χ0) is 20.0. The van der Waals surface area contributed by atoms with Gasteiger partial charge in [-0.3, -0.25) is 19.1 Å². The van der Waals surface area contributed by atoms with Crippen molar-refractivity contribution in [2.24, 2.45) is 0 Å². The lowest BCUT2D eigenvalue weighted by atomic mass is 10.3. The Morgan fingerprint density at radius 2 is 1.93 bits per heavy atom. The van der Waals surface area contributed by atoms with Crippen molar-refractivity contribution in [2.75, 3.05) is 22.9 Å². The second-order valence-electron chi connectivity index (χ2n) is 5.88. The van der Waals surface area contributed by atoms with Crippen molar-refractivity contribution in [3.05, 3.63) is 50.1 Å². The maximum absolute atomic E-state index is 12.7. The number of hydrogen-bond donors (Lipinski definition) is 2. The highest BCUT2D eigenvalue weighted by Gasteiger charge is 2.22. The molecule has 2 aromatic rings. The fourth-order valence-corrected chi connectivity index (χ4v) is 3.49. The van der Waals surface area contributed by atoms with Crippen LogP contribution in [0.15, 0.2) is 38.8 Å². The number of carbonyl (C=O) groups is 1. The quantitative estimate of drug-likeness (QED) is 0.651. The Labute approximate surface area is 166 Å². The molecule has 146 valence electrons. The summed E-state index contributed by atoms with van der Waals surface area (Å²) in [6.07, 6.45) is 1.61. The second kappa shape index (κ2) is 9.66. The molecule has 0 aliphatic heterocycles. The maximum atomic E-state index is 12.7. The number of anilines is 2. The van der Waals surface area contributed by atoms with Gasteiger partial charge in [0.15, 0.2) is 5.69 Å². The van der Waals surface area contributed by atoms with Crippen LogP contribution < -0.4 is 21.9 Å². The number of thioether (sulfide) groups is 1. The van der Waals surface area contributed by atoms with Gasteiger partial charge in [0.05, 0.1) is 5.75 Å². The number of H-pyrrole nitrogens is 1. The summed E-state index contributed by atoms with van der Waals surface area (Å²) in [6.45, 7) is 4.39. The highest BCUT2D eigenvalue weighted by atomic mass is 35.5. The molecule has 1 aromatic carbocycles. The first-order valence-electron chi connectivity index (χ1n) is 8.70. The molecule has 27 heavy (non-hydrogen) atoms. The fraction of sp³-hybridized carbons (Fsp3) is 0.389. The second-order valence-corrected chi connectivity index (χ2v) is 7.36. The van der Waals surface area contributed by atoms with E-state index in [0.29, 0.717) is 11.6 Å². The lowest BCUT2D eigenvalue weighted by Crippen LogP contribution is -2.41. The van der Waals surface area contributed by atoms with Crippen LogP contribution in [0.1, 0.15) is 26.7 Å². The average molecular weight is 411 g/mol. The molecule has 0 fully saturated rings. The smallest absolute Gasteiger partial charge is 0.330 e. The van der Waals surface area contributed by atoms with E-state index in [0.717, 1.165) is 17.7 Å². The van der Waals surface area contributed by atoms with Crippen LogP contribution in [0.2, 0.25) is 5.02 Å². The highest BCUT2D eigenvalue weighted by Crippen LogP contribution is 2.23. The van der Waals surface area contributed by atoms with Crippen molar-refractivity contribution in [1.29, 1.82) is 0 Å². The van der Waals surface area contributed by atoms with Crippen molar-refractivity contribution in [1.82, 2.24) is 9.55 Å². The largest absolute Gasteiger partial charge is 0.383 e. The van der Waals surface area contributed by atoms with Gasteiger partial charge in [0.1, 0.15) is 5.82 Å². The Balaban J connectivity index is 2.27. The summed E-state index contributed by atoms with van der Waals surface area (Å²) in [6, 6.07) is 7.14. The van der Waals surface area contributed by atoms with E-state index < -0.39 is 11.2 Å². The van der Waals surface area contributed by atoms with Gasteiger partial charge in [0, 0.05) is 23.0 Å². The summed E-state index contributed by atoms with van der Waals surface area (Å²) in [5.74, 6) is -0.123. The molecule has 3 N–H and O–H groups in total. The number of nitrogens with one attached hydrogen (secondary N) is 1. The van der Waals surface area contributed by atoms with Crippen LogP contribution in [-0.4, -0.2) is 27.8 Å². The number of aromatic amines is 1. The molecule has 0 bridgehead atoms. The van der Waals surface area contributed by atoms with Gasteiger partial charge in [0.2, 0.25) is 5.91 Å². The molecule has 0 radical (unpaired) electrons. The molecule has 2 rings (SSSR count). The lowest BCUT2D eigenvalue weighted by molar-refractivity contribution is -0.116. The van der Waals surface area contributed by atoms with Gasteiger partial charge >= 0.3 is 5.69 Å². The summed E-state index contributed by atoms with van der Waals surface area (Å²) in [4.78, 5) is 41.6. The van der Waals surface area contributed by atoms with Crippen molar-refractivity contribution < 1.29 is 4.79 Å². The predicted molar refractivity (Wildman–Crippen MR) is 111 cm³/mol. The van der Waals surface area contributed by atoms with Gasteiger partial charge in [-0.2, -0.15) is 0 Å². The SMILES string of the molecule is CCCCn1c(N)c(N(CC)C(=O)CSc2ccc(Cl)cc2)c(=O)[nH]c1=O. The van der Waals surface area contributed by atoms with E-state index in [1.807, 2.05) is 19.1 Å². The summed E-state index contributed by atoms with van der Waals surface area (Å²) in [7, 11) is 0. The third kappa shape index (κ3) is 5.17. The van der Waals surface area contributed by atoms with Gasteiger partial charge in [-0.15, -0.1) is 11.8 Å². The number of nitrogens with zero attached hydrogens (tertiary/aromatic N) is 2. The van der Waals surface area contributed by atoms with Crippen molar-refractivity contribution >= 4 is 40.8 Å². The molecule has 0 atom stereocenters. The van der Waals surface area contributed by atoms with E-state index in [2.05, 4.69) is 4.98 Å². The number of benzene rings is 1. The number of halogens is 1. The Morgan fingerprint density at radius 3 is 2.52 bits per heavy atom. The highest BCUT2D eigenvalue weighted by molar-refractivity contribution is 8.00. The predicted octanol–water partition coefficient (Wildman–Crippen LogP) is 2.72. The minimum absolute atomic E-state index is 0.0175. The van der Waals surface area contributed by atoms with Crippen LogP contribution in [0.5, 0.6) is 0 Å². The molecule has 9 heteroatoms. The monoisotopic (exact) mass is 410 g/mol. The third-order valence-corrected chi connectivity index (χ3v) is 5.26. The van der Waals surface area contributed by atoms with Gasteiger partial charge < -0.3 is 10.6 Å². The Kier molecular flexibility index (Phi) is 7.55. The van der Waals surface area contributed by atoms with Crippen LogP contribution in [0.25, 0.3) is 0 Å². The molecule has 0 saturated heterocycles. The van der Waals surface area contributed by atoms with Gasteiger partial charge in [-0.1, -0.05) is 24.9 Å². The summed E-state index contributed by atoms with van der Waals surface area (Å²) >= 11 is 7.20. The Hall–Kier alpha value is -2.19. The third-order valence-electron chi connectivity index (χ3n) is 4.01. The van der Waals surface area contributed by atoms with Gasteiger partial charge in [-0.25, -0.2) is 4.79 Å². The number of carbonyl (C=O) groups excluding carboxylic acids is 1. The lowest BCUT2D eigenvalue weighted by Gasteiger charge is -2.23. The number of amides is 1. The molecule has 0 saturated carbocycles.